The van der Waals surface area contributed by atoms with Crippen LogP contribution in [-0.2, 0) is 12.6 Å². The van der Waals surface area contributed by atoms with E-state index >= 15 is 0 Å². The molecule has 6 nitrogen and oxygen atoms in total. The van der Waals surface area contributed by atoms with Crippen LogP contribution in [0, 0.1) is 0 Å². The smallest absolute Gasteiger partial charge is 0.258 e. The number of nitrogens with one attached hydrogen (secondary N) is 1. The maximum absolute atomic E-state index is 12.3. The lowest BCUT2D eigenvalue weighted by atomic mass is 10.0. The first-order valence-corrected chi connectivity index (χ1v) is 8.29. The van der Waals surface area contributed by atoms with E-state index in [4.69, 9.17) is 4.74 Å². The Bertz CT molecular complexity index is 849. The Balaban J connectivity index is 1.75. The van der Waals surface area contributed by atoms with Crippen LogP contribution < -0.4 is 10.1 Å². The lowest BCUT2D eigenvalue weighted by Gasteiger charge is -2.22. The van der Waals surface area contributed by atoms with E-state index in [1.165, 1.54) is 23.1 Å². The molecule has 1 aromatic carbocycles. The molecule has 0 saturated heterocycles. The van der Waals surface area contributed by atoms with Gasteiger partial charge in [0.1, 0.15) is 11.2 Å². The van der Waals surface area contributed by atoms with Gasteiger partial charge in [-0.25, -0.2) is 0 Å². The molecule has 7 heteroatoms. The number of methoxy groups -OCH3 is 1. The number of amides is 1. The van der Waals surface area contributed by atoms with Gasteiger partial charge in [-0.15, -0.1) is 16.4 Å². The Hall–Kier alpha value is -2.38. The number of carbonyl (C=O) groups is 1. The molecule has 126 valence electrons. The predicted octanol–water partition coefficient (Wildman–Crippen LogP) is 2.28. The fraction of sp³-hybridized carbons (Fsp3) is 0.294. The number of thiophene rings is 1. The van der Waals surface area contributed by atoms with Crippen molar-refractivity contribution in [3.8, 4) is 5.88 Å². The average Bonchev–Trinajstić information content (AvgIpc) is 3.16. The molecule has 2 heterocycles. The van der Waals surface area contributed by atoms with Crippen molar-refractivity contribution in [3.63, 3.8) is 0 Å². The van der Waals surface area contributed by atoms with Crippen LogP contribution in [0.15, 0.2) is 36.5 Å². The Morgan fingerprint density at radius 3 is 2.92 bits per heavy atom. The molecular formula is C17H19N3O3S. The minimum atomic E-state index is -1.16. The number of aliphatic hydroxyl groups is 1. The number of ether oxygens (including phenoxy) is 1. The minimum absolute atomic E-state index is 0.0940. The summed E-state index contributed by atoms with van der Waals surface area (Å²) in [6, 6.07) is 9.90. The number of hydrogen-bond acceptors (Lipinski definition) is 5. The van der Waals surface area contributed by atoms with E-state index in [-0.39, 0.29) is 18.3 Å². The number of rotatable bonds is 5. The van der Waals surface area contributed by atoms with Crippen molar-refractivity contribution in [1.82, 2.24) is 15.1 Å². The molecule has 0 spiro atoms. The van der Waals surface area contributed by atoms with Gasteiger partial charge in [-0.2, -0.15) is 0 Å². The second-order valence-corrected chi connectivity index (χ2v) is 6.91. The molecule has 0 fully saturated rings. The molecule has 3 aromatic rings. The van der Waals surface area contributed by atoms with Crippen LogP contribution in [0.4, 0.5) is 0 Å². The zero-order valence-electron chi connectivity index (χ0n) is 13.7. The van der Waals surface area contributed by atoms with Crippen LogP contribution in [0.3, 0.4) is 0 Å². The van der Waals surface area contributed by atoms with Crippen molar-refractivity contribution >= 4 is 27.3 Å². The Kier molecular flexibility index (Phi) is 4.29. The molecule has 3 rings (SSSR count). The highest BCUT2D eigenvalue weighted by Gasteiger charge is 2.27. The molecule has 0 aliphatic carbocycles. The fourth-order valence-electron chi connectivity index (χ4n) is 2.46. The molecule has 1 atom stereocenters. The van der Waals surface area contributed by atoms with E-state index in [1.807, 2.05) is 30.3 Å². The molecule has 2 N–H and O–H groups in total. The average molecular weight is 345 g/mol. The van der Waals surface area contributed by atoms with Gasteiger partial charge < -0.3 is 15.2 Å². The van der Waals surface area contributed by atoms with Crippen LogP contribution in [0.1, 0.15) is 22.2 Å². The minimum Gasteiger partial charge on any atom is -0.479 e. The molecular weight excluding hydrogens is 326 g/mol. The van der Waals surface area contributed by atoms with Crippen molar-refractivity contribution in [2.75, 3.05) is 13.7 Å². The first-order valence-electron chi connectivity index (χ1n) is 7.48. The number of fused-ring (bicyclic) bond motifs is 1. The molecule has 2 aromatic heterocycles. The Morgan fingerprint density at radius 1 is 1.46 bits per heavy atom. The van der Waals surface area contributed by atoms with Crippen molar-refractivity contribution in [2.45, 2.75) is 12.5 Å². The van der Waals surface area contributed by atoms with Gasteiger partial charge in [0.2, 0.25) is 5.88 Å². The predicted molar refractivity (Wildman–Crippen MR) is 93.5 cm³/mol. The quantitative estimate of drug-likeness (QED) is 0.744. The van der Waals surface area contributed by atoms with Crippen LogP contribution in [0.25, 0.3) is 10.1 Å². The second kappa shape index (κ2) is 6.26. The zero-order chi connectivity index (χ0) is 17.3. The molecule has 0 aliphatic rings. The summed E-state index contributed by atoms with van der Waals surface area (Å²) in [6.07, 6.45) is 1.59. The topological polar surface area (TPSA) is 76.4 Å². The van der Waals surface area contributed by atoms with Crippen LogP contribution in [-0.4, -0.2) is 34.4 Å². The molecule has 0 aliphatic heterocycles. The zero-order valence-corrected chi connectivity index (χ0v) is 14.6. The van der Waals surface area contributed by atoms with Gasteiger partial charge in [-0.1, -0.05) is 18.2 Å². The standard InChI is InChI=1S/C17H19N3O3S/c1-17(22,14-8-11-6-4-5-7-13(11)24-14)10-18-15(21)12-9-20(2)19-16(12)23-3/h4-9,22H,10H2,1-3H3,(H,18,21)/t17-/m0/s1. The van der Waals surface area contributed by atoms with Gasteiger partial charge in [0.25, 0.3) is 5.91 Å². The molecule has 0 bridgehead atoms. The summed E-state index contributed by atoms with van der Waals surface area (Å²) in [4.78, 5) is 13.1. The number of nitrogens with zero attached hydrogens (tertiary/aromatic N) is 2. The molecule has 0 radical (unpaired) electrons. The van der Waals surface area contributed by atoms with Gasteiger partial charge >= 0.3 is 0 Å². The van der Waals surface area contributed by atoms with Crippen molar-refractivity contribution < 1.29 is 14.6 Å². The summed E-state index contributed by atoms with van der Waals surface area (Å²) < 4.78 is 7.71. The van der Waals surface area contributed by atoms with Gasteiger partial charge in [-0.3, -0.25) is 9.48 Å². The van der Waals surface area contributed by atoms with E-state index in [9.17, 15) is 9.90 Å². The van der Waals surface area contributed by atoms with E-state index < -0.39 is 5.60 Å². The monoisotopic (exact) mass is 345 g/mol. The fourth-order valence-corrected chi connectivity index (χ4v) is 3.56. The highest BCUT2D eigenvalue weighted by atomic mass is 32.1. The first-order chi connectivity index (χ1) is 11.4. The Labute approximate surface area is 143 Å². The summed E-state index contributed by atoms with van der Waals surface area (Å²) >= 11 is 1.52. The number of carbonyl (C=O) groups excluding carboxylic acids is 1. The number of benzene rings is 1. The first kappa shape index (κ1) is 16.5. The highest BCUT2D eigenvalue weighted by Crippen LogP contribution is 2.32. The normalized spacial score (nSPS) is 13.7. The molecule has 0 unspecified atom stereocenters. The second-order valence-electron chi connectivity index (χ2n) is 5.83. The number of hydrogen-bond donors (Lipinski definition) is 2. The lowest BCUT2D eigenvalue weighted by molar-refractivity contribution is 0.0556. The van der Waals surface area contributed by atoms with Crippen molar-refractivity contribution in [3.05, 3.63) is 47.0 Å². The highest BCUT2D eigenvalue weighted by molar-refractivity contribution is 7.19. The molecule has 24 heavy (non-hydrogen) atoms. The van der Waals surface area contributed by atoms with Gasteiger partial charge in [0.15, 0.2) is 0 Å². The third kappa shape index (κ3) is 3.13. The summed E-state index contributed by atoms with van der Waals surface area (Å²) in [6.45, 7) is 1.79. The van der Waals surface area contributed by atoms with E-state index in [0.29, 0.717) is 5.56 Å². The van der Waals surface area contributed by atoms with Gasteiger partial charge in [0, 0.05) is 22.8 Å². The summed E-state index contributed by atoms with van der Waals surface area (Å²) in [5, 5.41) is 18.6. The number of aromatic nitrogens is 2. The maximum atomic E-state index is 12.3. The maximum Gasteiger partial charge on any atom is 0.258 e. The molecule has 0 saturated carbocycles. The van der Waals surface area contributed by atoms with E-state index in [2.05, 4.69) is 10.4 Å². The Morgan fingerprint density at radius 2 is 2.21 bits per heavy atom. The van der Waals surface area contributed by atoms with Crippen LogP contribution in [0.5, 0.6) is 5.88 Å². The van der Waals surface area contributed by atoms with Crippen LogP contribution in [0.2, 0.25) is 0 Å². The molecule has 1 amide bonds. The van der Waals surface area contributed by atoms with Gasteiger partial charge in [0.05, 0.1) is 13.7 Å². The summed E-state index contributed by atoms with van der Waals surface area (Å²) in [5.41, 5.74) is -0.818. The number of aryl methyl sites for hydroxylation is 1. The van der Waals surface area contributed by atoms with E-state index in [1.54, 1.807) is 20.2 Å². The SMILES string of the molecule is COc1nn(C)cc1C(=O)NC[C@](C)(O)c1cc2ccccc2s1. The summed E-state index contributed by atoms with van der Waals surface area (Å²) in [7, 11) is 3.18. The third-order valence-electron chi connectivity index (χ3n) is 3.78. The van der Waals surface area contributed by atoms with E-state index in [0.717, 1.165) is 15.0 Å². The third-order valence-corrected chi connectivity index (χ3v) is 5.15. The largest absolute Gasteiger partial charge is 0.479 e. The lowest BCUT2D eigenvalue weighted by Crippen LogP contribution is -2.38. The summed E-state index contributed by atoms with van der Waals surface area (Å²) in [5.74, 6) is -0.0714. The van der Waals surface area contributed by atoms with Crippen molar-refractivity contribution in [1.29, 1.82) is 0 Å². The van der Waals surface area contributed by atoms with Crippen molar-refractivity contribution in [2.24, 2.45) is 7.05 Å². The van der Waals surface area contributed by atoms with Crippen LogP contribution >= 0.6 is 11.3 Å². The van der Waals surface area contributed by atoms with Gasteiger partial charge in [-0.05, 0) is 24.4 Å².